The normalized spacial score (nSPS) is 19.4. The van der Waals surface area contributed by atoms with E-state index in [1.807, 2.05) is 0 Å². The molecule has 0 aliphatic heterocycles. The number of benzene rings is 1. The number of nitrogens with one attached hydrogen (secondary N) is 1. The predicted molar refractivity (Wildman–Crippen MR) is 78.8 cm³/mol. The van der Waals surface area contributed by atoms with Crippen molar-refractivity contribution in [2.24, 2.45) is 5.92 Å². The molecule has 1 atom stereocenters. The Balaban J connectivity index is 1.96. The second kappa shape index (κ2) is 5.89. The summed E-state index contributed by atoms with van der Waals surface area (Å²) in [4.78, 5) is 0. The summed E-state index contributed by atoms with van der Waals surface area (Å²) in [5.41, 5.74) is 1.29. The molecule has 1 nitrogen and oxygen atoms in total. The first-order valence-electron chi connectivity index (χ1n) is 6.28. The maximum Gasteiger partial charge on any atom is 0.0478 e. The Morgan fingerprint density at radius 2 is 1.88 bits per heavy atom. The van der Waals surface area contributed by atoms with E-state index in [1.54, 1.807) is 0 Å². The van der Waals surface area contributed by atoms with Gasteiger partial charge in [-0.05, 0) is 60.4 Å². The van der Waals surface area contributed by atoms with Crippen molar-refractivity contribution in [1.82, 2.24) is 0 Å². The average molecular weight is 329 g/mol. The van der Waals surface area contributed by atoms with Crippen molar-refractivity contribution >= 4 is 28.3 Å². The molecule has 1 aliphatic rings. The lowest BCUT2D eigenvalue weighted by Crippen LogP contribution is -2.27. The molecule has 0 saturated heterocycles. The van der Waals surface area contributed by atoms with E-state index in [-0.39, 0.29) is 0 Å². The van der Waals surface area contributed by atoms with Gasteiger partial charge in [0.25, 0.3) is 0 Å². The molecule has 1 unspecified atom stereocenters. The highest BCUT2D eigenvalue weighted by Gasteiger charge is 2.20. The smallest absolute Gasteiger partial charge is 0.0478 e. The summed E-state index contributed by atoms with van der Waals surface area (Å²) >= 11 is 2.40. The quantitative estimate of drug-likeness (QED) is 0.795. The lowest BCUT2D eigenvalue weighted by Gasteiger charge is -2.29. The maximum atomic E-state index is 3.67. The number of halogens is 1. The van der Waals surface area contributed by atoms with E-state index in [2.05, 4.69) is 59.1 Å². The summed E-state index contributed by atoms with van der Waals surface area (Å²) in [7, 11) is 0. The van der Waals surface area contributed by atoms with Crippen LogP contribution in [0.4, 0.5) is 5.69 Å². The minimum Gasteiger partial charge on any atom is -0.381 e. The molecule has 0 heterocycles. The van der Waals surface area contributed by atoms with Gasteiger partial charge < -0.3 is 5.32 Å². The van der Waals surface area contributed by atoms with Gasteiger partial charge >= 0.3 is 0 Å². The van der Waals surface area contributed by atoms with Gasteiger partial charge in [-0.1, -0.05) is 31.4 Å². The standard InChI is InChI=1S/C14H20IN/c1-11(12-7-3-2-4-8-12)16-14-10-6-5-9-13(14)15/h5-6,9-12,16H,2-4,7-8H2,1H3. The molecule has 1 saturated carbocycles. The van der Waals surface area contributed by atoms with Crippen LogP contribution in [-0.4, -0.2) is 6.04 Å². The number of rotatable bonds is 3. The minimum absolute atomic E-state index is 0.608. The van der Waals surface area contributed by atoms with Gasteiger partial charge in [-0.2, -0.15) is 0 Å². The Labute approximate surface area is 112 Å². The van der Waals surface area contributed by atoms with Crippen LogP contribution in [0.5, 0.6) is 0 Å². The Bertz CT molecular complexity index is 331. The molecule has 88 valence electrons. The third-order valence-electron chi connectivity index (χ3n) is 3.61. The van der Waals surface area contributed by atoms with Crippen LogP contribution in [0.3, 0.4) is 0 Å². The van der Waals surface area contributed by atoms with Crippen LogP contribution in [0.2, 0.25) is 0 Å². The first-order chi connectivity index (χ1) is 7.77. The Kier molecular flexibility index (Phi) is 4.50. The van der Waals surface area contributed by atoms with Gasteiger partial charge in [-0.25, -0.2) is 0 Å². The molecule has 1 fully saturated rings. The molecule has 1 aliphatic carbocycles. The molecule has 1 aromatic rings. The van der Waals surface area contributed by atoms with Gasteiger partial charge in [-0.15, -0.1) is 0 Å². The molecule has 0 spiro atoms. The largest absolute Gasteiger partial charge is 0.381 e. The first-order valence-corrected chi connectivity index (χ1v) is 7.36. The van der Waals surface area contributed by atoms with Crippen molar-refractivity contribution in [1.29, 1.82) is 0 Å². The van der Waals surface area contributed by atoms with E-state index in [0.717, 1.165) is 5.92 Å². The molecule has 2 heteroatoms. The van der Waals surface area contributed by atoms with Gasteiger partial charge in [0.15, 0.2) is 0 Å². The number of para-hydroxylation sites is 1. The lowest BCUT2D eigenvalue weighted by atomic mass is 9.84. The molecule has 0 aromatic heterocycles. The summed E-state index contributed by atoms with van der Waals surface area (Å²) in [6, 6.07) is 9.16. The van der Waals surface area contributed by atoms with Crippen LogP contribution in [0.25, 0.3) is 0 Å². The molecule has 2 rings (SSSR count). The summed E-state index contributed by atoms with van der Waals surface area (Å²) in [5, 5.41) is 3.67. The second-order valence-corrected chi connectivity index (χ2v) is 5.97. The molecule has 1 aromatic carbocycles. The molecule has 0 bridgehead atoms. The second-order valence-electron chi connectivity index (χ2n) is 4.81. The van der Waals surface area contributed by atoms with E-state index in [1.165, 1.54) is 41.4 Å². The van der Waals surface area contributed by atoms with E-state index in [9.17, 15) is 0 Å². The highest BCUT2D eigenvalue weighted by Crippen LogP contribution is 2.29. The molecule has 0 radical (unpaired) electrons. The zero-order chi connectivity index (χ0) is 11.4. The fourth-order valence-electron chi connectivity index (χ4n) is 2.58. The maximum absolute atomic E-state index is 3.67. The third-order valence-corrected chi connectivity index (χ3v) is 4.55. The van der Waals surface area contributed by atoms with Crippen molar-refractivity contribution in [3.63, 3.8) is 0 Å². The molecule has 1 N–H and O–H groups in total. The van der Waals surface area contributed by atoms with Crippen LogP contribution in [0.1, 0.15) is 39.0 Å². The van der Waals surface area contributed by atoms with Crippen molar-refractivity contribution < 1.29 is 0 Å². The third kappa shape index (κ3) is 3.12. The summed E-state index contributed by atoms with van der Waals surface area (Å²) in [5.74, 6) is 0.866. The fourth-order valence-corrected chi connectivity index (χ4v) is 3.12. The van der Waals surface area contributed by atoms with Crippen molar-refractivity contribution in [2.75, 3.05) is 5.32 Å². The number of anilines is 1. The van der Waals surface area contributed by atoms with E-state index < -0.39 is 0 Å². The van der Waals surface area contributed by atoms with E-state index in [4.69, 9.17) is 0 Å². The highest BCUT2D eigenvalue weighted by atomic mass is 127. The summed E-state index contributed by atoms with van der Waals surface area (Å²) in [6.07, 6.45) is 7.08. The molecular formula is C14H20IN. The molecular weight excluding hydrogens is 309 g/mol. The SMILES string of the molecule is CC(Nc1ccccc1I)C1CCCCC1. The minimum atomic E-state index is 0.608. The zero-order valence-electron chi connectivity index (χ0n) is 9.88. The van der Waals surface area contributed by atoms with Crippen molar-refractivity contribution in [3.05, 3.63) is 27.8 Å². The predicted octanol–water partition coefficient (Wildman–Crippen LogP) is 4.67. The van der Waals surface area contributed by atoms with Crippen molar-refractivity contribution in [2.45, 2.75) is 45.1 Å². The van der Waals surface area contributed by atoms with Gasteiger partial charge in [-0.3, -0.25) is 0 Å². The Morgan fingerprint density at radius 1 is 1.19 bits per heavy atom. The first kappa shape index (κ1) is 12.2. The Hall–Kier alpha value is -0.250. The van der Waals surface area contributed by atoms with Crippen LogP contribution in [0.15, 0.2) is 24.3 Å². The van der Waals surface area contributed by atoms with E-state index >= 15 is 0 Å². The zero-order valence-corrected chi connectivity index (χ0v) is 12.0. The molecule has 16 heavy (non-hydrogen) atoms. The number of hydrogen-bond acceptors (Lipinski definition) is 1. The van der Waals surface area contributed by atoms with Gasteiger partial charge in [0.1, 0.15) is 0 Å². The topological polar surface area (TPSA) is 12.0 Å². The summed E-state index contributed by atoms with van der Waals surface area (Å²) in [6.45, 7) is 2.33. The average Bonchev–Trinajstić information content (AvgIpc) is 2.33. The highest BCUT2D eigenvalue weighted by molar-refractivity contribution is 14.1. The Morgan fingerprint density at radius 3 is 2.56 bits per heavy atom. The molecule has 0 amide bonds. The van der Waals surface area contributed by atoms with Gasteiger partial charge in [0, 0.05) is 15.3 Å². The van der Waals surface area contributed by atoms with Gasteiger partial charge in [0.2, 0.25) is 0 Å². The van der Waals surface area contributed by atoms with Gasteiger partial charge in [0.05, 0.1) is 0 Å². The lowest BCUT2D eigenvalue weighted by molar-refractivity contribution is 0.328. The van der Waals surface area contributed by atoms with Crippen LogP contribution in [-0.2, 0) is 0 Å². The van der Waals surface area contributed by atoms with Crippen LogP contribution < -0.4 is 5.32 Å². The monoisotopic (exact) mass is 329 g/mol. The summed E-state index contributed by atoms with van der Waals surface area (Å²) < 4.78 is 1.32. The fraction of sp³-hybridized carbons (Fsp3) is 0.571. The van der Waals surface area contributed by atoms with Crippen LogP contribution >= 0.6 is 22.6 Å². The van der Waals surface area contributed by atoms with E-state index in [0.29, 0.717) is 6.04 Å². The number of hydrogen-bond donors (Lipinski definition) is 1. The van der Waals surface area contributed by atoms with Crippen molar-refractivity contribution in [3.8, 4) is 0 Å². The van der Waals surface area contributed by atoms with Crippen LogP contribution in [0, 0.1) is 9.49 Å².